The van der Waals surface area contributed by atoms with Crippen molar-refractivity contribution in [3.63, 3.8) is 0 Å². The quantitative estimate of drug-likeness (QED) is 0.841. The first-order valence-corrected chi connectivity index (χ1v) is 6.72. The lowest BCUT2D eigenvalue weighted by molar-refractivity contribution is -0.00377. The predicted molar refractivity (Wildman–Crippen MR) is 69.7 cm³/mol. The van der Waals surface area contributed by atoms with Gasteiger partial charge < -0.3 is 5.32 Å². The van der Waals surface area contributed by atoms with Crippen LogP contribution in [0.1, 0.15) is 31.7 Å². The zero-order valence-corrected chi connectivity index (χ0v) is 10.8. The van der Waals surface area contributed by atoms with Crippen molar-refractivity contribution in [1.82, 2.24) is 5.32 Å². The zero-order chi connectivity index (χ0) is 13.0. The molecule has 1 aromatic rings. The topological polar surface area (TPSA) is 12.0 Å². The Morgan fingerprint density at radius 3 is 2.56 bits per heavy atom. The summed E-state index contributed by atoms with van der Waals surface area (Å²) in [5.74, 6) is -1.44. The van der Waals surface area contributed by atoms with Gasteiger partial charge in [0.1, 0.15) is 0 Å². The summed E-state index contributed by atoms with van der Waals surface area (Å²) in [6.45, 7) is 2.69. The summed E-state index contributed by atoms with van der Waals surface area (Å²) in [6, 6.07) is 8.04. The molecule has 0 amide bonds. The van der Waals surface area contributed by atoms with Gasteiger partial charge in [0.15, 0.2) is 0 Å². The van der Waals surface area contributed by atoms with E-state index in [4.69, 9.17) is 0 Å². The number of halogens is 2. The molecule has 0 aliphatic heterocycles. The van der Waals surface area contributed by atoms with Crippen LogP contribution in [-0.2, 0) is 5.92 Å². The van der Waals surface area contributed by atoms with E-state index in [0.29, 0.717) is 12.5 Å². The first-order valence-electron chi connectivity index (χ1n) is 6.72. The third-order valence-electron chi connectivity index (χ3n) is 3.78. The lowest BCUT2D eigenvalue weighted by Gasteiger charge is -2.19. The van der Waals surface area contributed by atoms with Crippen LogP contribution in [0.25, 0.3) is 0 Å². The van der Waals surface area contributed by atoms with Crippen LogP contribution < -0.4 is 5.32 Å². The molecular formula is C15H21F2N. The van der Waals surface area contributed by atoms with E-state index in [-0.39, 0.29) is 12.1 Å². The first kappa shape index (κ1) is 13.5. The van der Waals surface area contributed by atoms with Gasteiger partial charge in [0.2, 0.25) is 0 Å². The van der Waals surface area contributed by atoms with E-state index in [1.54, 1.807) is 18.2 Å². The third-order valence-corrected chi connectivity index (χ3v) is 3.78. The van der Waals surface area contributed by atoms with Gasteiger partial charge in [0.25, 0.3) is 5.92 Å². The number of rotatable bonds is 5. The van der Waals surface area contributed by atoms with Gasteiger partial charge in [-0.2, -0.15) is 8.78 Å². The summed E-state index contributed by atoms with van der Waals surface area (Å²) in [4.78, 5) is 0. The van der Waals surface area contributed by atoms with Gasteiger partial charge in [-0.25, -0.2) is 0 Å². The van der Waals surface area contributed by atoms with Gasteiger partial charge in [0, 0.05) is 5.56 Å². The van der Waals surface area contributed by atoms with Gasteiger partial charge >= 0.3 is 0 Å². The van der Waals surface area contributed by atoms with Crippen LogP contribution in [0.2, 0.25) is 0 Å². The summed E-state index contributed by atoms with van der Waals surface area (Å²) >= 11 is 0. The van der Waals surface area contributed by atoms with Crippen LogP contribution in [0, 0.1) is 11.8 Å². The molecule has 3 heteroatoms. The minimum Gasteiger partial charge on any atom is -0.311 e. The number of alkyl halides is 2. The molecule has 0 radical (unpaired) electrons. The van der Waals surface area contributed by atoms with Crippen molar-refractivity contribution < 1.29 is 8.78 Å². The Morgan fingerprint density at radius 1 is 1.22 bits per heavy atom. The van der Waals surface area contributed by atoms with Crippen molar-refractivity contribution in [3.05, 3.63) is 35.9 Å². The van der Waals surface area contributed by atoms with Crippen molar-refractivity contribution >= 4 is 0 Å². The van der Waals surface area contributed by atoms with Crippen molar-refractivity contribution in [2.75, 3.05) is 13.1 Å². The molecule has 1 fully saturated rings. The normalized spacial score (nSPS) is 24.4. The van der Waals surface area contributed by atoms with E-state index in [2.05, 4.69) is 12.2 Å². The van der Waals surface area contributed by atoms with Crippen LogP contribution >= 0.6 is 0 Å². The SMILES string of the molecule is CC1CCC(CNCC(F)(F)c2ccccc2)C1. The van der Waals surface area contributed by atoms with Gasteiger partial charge in [-0.05, 0) is 31.2 Å². The molecule has 0 aromatic heterocycles. The van der Waals surface area contributed by atoms with Crippen LogP contribution in [-0.4, -0.2) is 13.1 Å². The Morgan fingerprint density at radius 2 is 1.94 bits per heavy atom. The predicted octanol–water partition coefficient (Wildman–Crippen LogP) is 3.80. The Kier molecular flexibility index (Phi) is 4.33. The molecule has 100 valence electrons. The van der Waals surface area contributed by atoms with E-state index >= 15 is 0 Å². The molecule has 2 rings (SSSR count). The maximum atomic E-state index is 13.8. The maximum absolute atomic E-state index is 13.8. The van der Waals surface area contributed by atoms with Crippen LogP contribution in [0.3, 0.4) is 0 Å². The Hall–Kier alpha value is -0.960. The van der Waals surface area contributed by atoms with Crippen molar-refractivity contribution in [2.45, 2.75) is 32.1 Å². The smallest absolute Gasteiger partial charge is 0.285 e. The largest absolute Gasteiger partial charge is 0.311 e. The fraction of sp³-hybridized carbons (Fsp3) is 0.600. The van der Waals surface area contributed by atoms with Crippen LogP contribution in [0.15, 0.2) is 30.3 Å². The average Bonchev–Trinajstić information content (AvgIpc) is 2.76. The zero-order valence-electron chi connectivity index (χ0n) is 10.8. The number of benzene rings is 1. The maximum Gasteiger partial charge on any atom is 0.285 e. The summed E-state index contributed by atoms with van der Waals surface area (Å²) in [5.41, 5.74) is 0.0947. The second-order valence-electron chi connectivity index (χ2n) is 5.49. The highest BCUT2D eigenvalue weighted by Crippen LogP contribution is 2.30. The Bertz CT molecular complexity index is 364. The molecule has 1 aromatic carbocycles. The van der Waals surface area contributed by atoms with E-state index in [1.807, 2.05) is 0 Å². The molecule has 0 bridgehead atoms. The average molecular weight is 253 g/mol. The highest BCUT2D eigenvalue weighted by molar-refractivity contribution is 5.20. The minimum atomic E-state index is -2.77. The molecule has 0 heterocycles. The van der Waals surface area contributed by atoms with Gasteiger partial charge in [-0.15, -0.1) is 0 Å². The summed E-state index contributed by atoms with van der Waals surface area (Å²) in [5, 5.41) is 2.94. The standard InChI is InChI=1S/C15H21F2N/c1-12-7-8-13(9-12)10-18-11-15(16,17)14-5-3-2-4-6-14/h2-6,12-13,18H,7-11H2,1H3. The van der Waals surface area contributed by atoms with Crippen molar-refractivity contribution in [2.24, 2.45) is 11.8 Å². The number of hydrogen-bond donors (Lipinski definition) is 1. The molecular weight excluding hydrogens is 232 g/mol. The lowest BCUT2D eigenvalue weighted by atomic mass is 10.1. The van der Waals surface area contributed by atoms with Gasteiger partial charge in [0.05, 0.1) is 6.54 Å². The molecule has 1 saturated carbocycles. The molecule has 2 unspecified atom stereocenters. The first-order chi connectivity index (χ1) is 8.58. The minimum absolute atomic E-state index is 0.0947. The van der Waals surface area contributed by atoms with E-state index < -0.39 is 5.92 Å². The molecule has 1 N–H and O–H groups in total. The molecule has 0 saturated heterocycles. The highest BCUT2D eigenvalue weighted by Gasteiger charge is 2.31. The second-order valence-corrected chi connectivity index (χ2v) is 5.49. The van der Waals surface area contributed by atoms with Crippen molar-refractivity contribution in [1.29, 1.82) is 0 Å². The highest BCUT2D eigenvalue weighted by atomic mass is 19.3. The summed E-state index contributed by atoms with van der Waals surface area (Å²) < 4.78 is 27.7. The van der Waals surface area contributed by atoms with Crippen LogP contribution in [0.5, 0.6) is 0 Å². The van der Waals surface area contributed by atoms with E-state index in [1.165, 1.54) is 31.4 Å². The monoisotopic (exact) mass is 253 g/mol. The van der Waals surface area contributed by atoms with Gasteiger partial charge in [-0.3, -0.25) is 0 Å². The molecule has 0 spiro atoms. The number of hydrogen-bond acceptors (Lipinski definition) is 1. The molecule has 1 aliphatic rings. The Labute approximate surface area is 108 Å². The van der Waals surface area contributed by atoms with Crippen LogP contribution in [0.4, 0.5) is 8.78 Å². The third kappa shape index (κ3) is 3.52. The van der Waals surface area contributed by atoms with E-state index in [0.717, 1.165) is 5.92 Å². The second kappa shape index (κ2) is 5.79. The molecule has 18 heavy (non-hydrogen) atoms. The van der Waals surface area contributed by atoms with Gasteiger partial charge in [-0.1, -0.05) is 43.7 Å². The summed E-state index contributed by atoms with van der Waals surface area (Å²) in [7, 11) is 0. The number of nitrogens with one attached hydrogen (secondary N) is 1. The van der Waals surface area contributed by atoms with Crippen molar-refractivity contribution in [3.8, 4) is 0 Å². The lowest BCUT2D eigenvalue weighted by Crippen LogP contribution is -2.33. The van der Waals surface area contributed by atoms with E-state index in [9.17, 15) is 8.78 Å². The Balaban J connectivity index is 1.79. The fourth-order valence-electron chi connectivity index (χ4n) is 2.73. The fourth-order valence-corrected chi connectivity index (χ4v) is 2.73. The molecule has 1 nitrogen and oxygen atoms in total. The summed E-state index contributed by atoms with van der Waals surface area (Å²) in [6.07, 6.45) is 3.58. The molecule has 2 atom stereocenters. The molecule has 1 aliphatic carbocycles.